The van der Waals surface area contributed by atoms with Gasteiger partial charge in [0, 0.05) is 6.42 Å². The van der Waals surface area contributed by atoms with E-state index in [4.69, 9.17) is 9.05 Å². The molecule has 1 amide bonds. The Bertz CT molecular complexity index is 794. The van der Waals surface area contributed by atoms with Crippen LogP contribution in [0.1, 0.15) is 117 Å². The van der Waals surface area contributed by atoms with Gasteiger partial charge >= 0.3 is 0 Å². The van der Waals surface area contributed by atoms with Crippen molar-refractivity contribution in [3.8, 4) is 0 Å². The Morgan fingerprint density at radius 3 is 1.88 bits per heavy atom. The molecule has 0 fully saturated rings. The minimum absolute atomic E-state index is 0.00902. The van der Waals surface area contributed by atoms with Gasteiger partial charge in [0.2, 0.25) is 5.91 Å². The molecule has 0 aliphatic heterocycles. The van der Waals surface area contributed by atoms with Gasteiger partial charge in [-0.05, 0) is 38.5 Å². The van der Waals surface area contributed by atoms with E-state index >= 15 is 0 Å². The van der Waals surface area contributed by atoms with E-state index in [2.05, 4.69) is 43.5 Å². The summed E-state index contributed by atoms with van der Waals surface area (Å²) in [5.74, 6) is -0.221. The number of hydrogen-bond acceptors (Lipinski definition) is 6. The lowest BCUT2D eigenvalue weighted by atomic mass is 10.1. The zero-order chi connectivity index (χ0) is 31.5. The third-order valence-corrected chi connectivity index (χ3v) is 7.78. The first-order chi connectivity index (χ1) is 20.0. The molecule has 0 aromatic carbocycles. The Morgan fingerprint density at radius 2 is 1.33 bits per heavy atom. The molecular weight excluding hydrogens is 551 g/mol. The predicted octanol–water partition coefficient (Wildman–Crippen LogP) is 6.99. The molecule has 0 aliphatic carbocycles. The first kappa shape index (κ1) is 40.7. The molecule has 0 aliphatic rings. The molecule has 0 aromatic rings. The maximum absolute atomic E-state index is 12.6. The zero-order valence-corrected chi connectivity index (χ0v) is 28.3. The number of allylic oxidation sites excluding steroid dienone is 5. The molecule has 0 spiro atoms. The number of likely N-dealkylation sites (N-methyl/N-ethyl adjacent to an activating group) is 1. The third-order valence-electron chi connectivity index (χ3n) is 6.81. The van der Waals surface area contributed by atoms with Crippen LogP contribution in [0.4, 0.5) is 0 Å². The summed E-state index contributed by atoms with van der Waals surface area (Å²) in [6, 6.07) is -0.901. The number of aliphatic hydroxyl groups is 1. The summed E-state index contributed by atoms with van der Waals surface area (Å²) < 4.78 is 22.9. The smallest absolute Gasteiger partial charge is 0.268 e. The molecule has 0 saturated carbocycles. The number of nitrogens with zero attached hydrogens (tertiary/aromatic N) is 1. The van der Waals surface area contributed by atoms with Crippen molar-refractivity contribution in [3.63, 3.8) is 0 Å². The summed E-state index contributed by atoms with van der Waals surface area (Å²) in [7, 11) is 1.23. The number of carbonyl (C=O) groups excluding carboxylic acids is 1. The molecule has 0 radical (unpaired) electrons. The summed E-state index contributed by atoms with van der Waals surface area (Å²) in [5, 5.41) is 13.5. The highest BCUT2D eigenvalue weighted by atomic mass is 31.2. The normalized spacial score (nSPS) is 15.5. The minimum Gasteiger partial charge on any atom is -0.756 e. The van der Waals surface area contributed by atoms with E-state index in [0.717, 1.165) is 51.4 Å². The maximum Gasteiger partial charge on any atom is 0.268 e. The number of phosphoric ester groups is 1. The molecule has 9 heteroatoms. The van der Waals surface area contributed by atoms with Crippen LogP contribution in [0.2, 0.25) is 0 Å². The Balaban J connectivity index is 4.74. The number of nitrogens with one attached hydrogen (secondary N) is 1. The molecule has 0 rings (SSSR count). The van der Waals surface area contributed by atoms with Crippen LogP contribution in [-0.2, 0) is 18.4 Å². The number of aliphatic hydroxyl groups excluding tert-OH is 1. The fraction of sp³-hybridized carbons (Fsp3) is 0.788. The average Bonchev–Trinajstić information content (AvgIpc) is 2.92. The summed E-state index contributed by atoms with van der Waals surface area (Å²) in [5.41, 5.74) is 0. The molecule has 0 heterocycles. The average molecular weight is 615 g/mol. The Hall–Kier alpha value is -1.28. The summed E-state index contributed by atoms with van der Waals surface area (Å²) in [6.07, 6.45) is 27.7. The SMILES string of the molecule is CCC/C=C/CC/C=C/CC/C=C/C(O)C(COP(=O)([O-])OCC[N+](C)(C)C)NC(=O)CCCCCCCCCCC. The lowest BCUT2D eigenvalue weighted by Crippen LogP contribution is -2.45. The Morgan fingerprint density at radius 1 is 0.810 bits per heavy atom. The van der Waals surface area contributed by atoms with E-state index in [0.29, 0.717) is 17.4 Å². The number of amides is 1. The lowest BCUT2D eigenvalue weighted by molar-refractivity contribution is -0.870. The van der Waals surface area contributed by atoms with Gasteiger partial charge in [-0.1, -0.05) is 108 Å². The van der Waals surface area contributed by atoms with Gasteiger partial charge in [-0.25, -0.2) is 0 Å². The van der Waals surface area contributed by atoms with Gasteiger partial charge in [-0.2, -0.15) is 0 Å². The summed E-state index contributed by atoms with van der Waals surface area (Å²) >= 11 is 0. The zero-order valence-electron chi connectivity index (χ0n) is 27.4. The van der Waals surface area contributed by atoms with Gasteiger partial charge in [-0.15, -0.1) is 0 Å². The number of phosphoric acid groups is 1. The highest BCUT2D eigenvalue weighted by Crippen LogP contribution is 2.38. The third kappa shape index (κ3) is 27.5. The second-order valence-electron chi connectivity index (χ2n) is 12.1. The van der Waals surface area contributed by atoms with Crippen LogP contribution in [0.3, 0.4) is 0 Å². The summed E-state index contributed by atoms with van der Waals surface area (Å²) in [6.45, 7) is 4.47. The second kappa shape index (κ2) is 26.2. The van der Waals surface area contributed by atoms with E-state index in [1.165, 1.54) is 44.9 Å². The Kier molecular flexibility index (Phi) is 25.4. The van der Waals surface area contributed by atoms with Crippen molar-refractivity contribution in [1.82, 2.24) is 5.32 Å². The van der Waals surface area contributed by atoms with Crippen molar-refractivity contribution in [2.75, 3.05) is 40.9 Å². The van der Waals surface area contributed by atoms with E-state index in [9.17, 15) is 19.4 Å². The van der Waals surface area contributed by atoms with Crippen molar-refractivity contribution in [1.29, 1.82) is 0 Å². The number of hydrogen-bond donors (Lipinski definition) is 2. The fourth-order valence-corrected chi connectivity index (χ4v) is 4.85. The first-order valence-corrected chi connectivity index (χ1v) is 17.8. The van der Waals surface area contributed by atoms with Crippen LogP contribution >= 0.6 is 7.82 Å². The second-order valence-corrected chi connectivity index (χ2v) is 13.6. The lowest BCUT2D eigenvalue weighted by Gasteiger charge is -2.29. The number of rotatable bonds is 28. The number of unbranched alkanes of at least 4 members (excludes halogenated alkanes) is 11. The van der Waals surface area contributed by atoms with Crippen LogP contribution in [0.5, 0.6) is 0 Å². The minimum atomic E-state index is -4.58. The van der Waals surface area contributed by atoms with E-state index < -0.39 is 26.6 Å². The topological polar surface area (TPSA) is 108 Å². The van der Waals surface area contributed by atoms with Crippen LogP contribution in [0, 0.1) is 0 Å². The standard InChI is InChI=1S/C33H63N2O6P/c1-6-8-10-12-14-16-17-19-20-22-24-26-32(36)31(30-41-42(38,39)40-29-28-35(3,4)5)34-33(37)27-25-23-21-18-15-13-11-9-7-2/h10,12,17,19,24,26,31-32,36H,6-9,11,13-16,18,20-23,25,27-30H2,1-5H3,(H-,34,37,38,39)/b12-10+,19-17+,26-24+. The van der Waals surface area contributed by atoms with Crippen molar-refractivity contribution in [2.24, 2.45) is 0 Å². The summed E-state index contributed by atoms with van der Waals surface area (Å²) in [4.78, 5) is 24.9. The van der Waals surface area contributed by atoms with Crippen LogP contribution < -0.4 is 10.2 Å². The number of quaternary nitrogens is 1. The fourth-order valence-electron chi connectivity index (χ4n) is 4.13. The van der Waals surface area contributed by atoms with Gasteiger partial charge in [-0.3, -0.25) is 9.36 Å². The van der Waals surface area contributed by atoms with Gasteiger partial charge < -0.3 is 28.8 Å². The van der Waals surface area contributed by atoms with Gasteiger partial charge in [0.05, 0.1) is 39.9 Å². The van der Waals surface area contributed by atoms with E-state index in [1.807, 2.05) is 27.2 Å². The molecule has 0 bridgehead atoms. The predicted molar refractivity (Wildman–Crippen MR) is 173 cm³/mol. The van der Waals surface area contributed by atoms with E-state index in [-0.39, 0.29) is 12.5 Å². The quantitative estimate of drug-likeness (QED) is 0.0426. The van der Waals surface area contributed by atoms with Crippen LogP contribution in [0.25, 0.3) is 0 Å². The molecule has 3 unspecified atom stereocenters. The van der Waals surface area contributed by atoms with Gasteiger partial charge in [0.15, 0.2) is 0 Å². The molecule has 3 atom stereocenters. The monoisotopic (exact) mass is 614 g/mol. The van der Waals surface area contributed by atoms with E-state index in [1.54, 1.807) is 6.08 Å². The largest absolute Gasteiger partial charge is 0.756 e. The first-order valence-electron chi connectivity index (χ1n) is 16.4. The van der Waals surface area contributed by atoms with Crippen LogP contribution in [0.15, 0.2) is 36.5 Å². The van der Waals surface area contributed by atoms with Crippen molar-refractivity contribution < 1.29 is 32.9 Å². The van der Waals surface area contributed by atoms with Crippen LogP contribution in [-0.4, -0.2) is 68.5 Å². The van der Waals surface area contributed by atoms with Crippen molar-refractivity contribution in [2.45, 2.75) is 129 Å². The van der Waals surface area contributed by atoms with Gasteiger partial charge in [0.25, 0.3) is 7.82 Å². The molecule has 8 nitrogen and oxygen atoms in total. The van der Waals surface area contributed by atoms with Crippen molar-refractivity contribution >= 4 is 13.7 Å². The molecule has 0 saturated heterocycles. The molecule has 246 valence electrons. The van der Waals surface area contributed by atoms with Gasteiger partial charge in [0.1, 0.15) is 13.2 Å². The highest BCUT2D eigenvalue weighted by molar-refractivity contribution is 7.45. The number of carbonyl (C=O) groups is 1. The molecular formula is C33H63N2O6P. The highest BCUT2D eigenvalue weighted by Gasteiger charge is 2.23. The maximum atomic E-state index is 12.6. The molecule has 42 heavy (non-hydrogen) atoms. The van der Waals surface area contributed by atoms with Crippen molar-refractivity contribution in [3.05, 3.63) is 36.5 Å². The molecule has 2 N–H and O–H groups in total. The Labute approximate surface area is 257 Å². The molecule has 0 aromatic heterocycles.